The highest BCUT2D eigenvalue weighted by molar-refractivity contribution is 6.30. The second kappa shape index (κ2) is 7.22. The third-order valence-corrected chi connectivity index (χ3v) is 3.23. The van der Waals surface area contributed by atoms with Crippen LogP contribution in [0.1, 0.15) is 37.4 Å². The van der Waals surface area contributed by atoms with E-state index < -0.39 is 0 Å². The number of aromatic nitrogens is 2. The van der Waals surface area contributed by atoms with Crippen LogP contribution in [0.2, 0.25) is 5.02 Å². The van der Waals surface area contributed by atoms with Gasteiger partial charge in [0.05, 0.1) is 0 Å². The maximum absolute atomic E-state index is 12.3. The fraction of sp³-hybridized carbons (Fsp3) is 0.400. The van der Waals surface area contributed by atoms with Crippen molar-refractivity contribution in [3.63, 3.8) is 0 Å². The molecule has 2 aromatic rings. The second-order valence-electron chi connectivity index (χ2n) is 4.71. The lowest BCUT2D eigenvalue weighted by molar-refractivity contribution is 0.0716. The molecule has 0 radical (unpaired) electrons. The molecular formula is C15H18ClN3O2. The predicted octanol–water partition coefficient (Wildman–Crippen LogP) is 3.65. The van der Waals surface area contributed by atoms with Gasteiger partial charge in [-0.1, -0.05) is 25.4 Å². The largest absolute Gasteiger partial charge is 0.412 e. The number of nitrogens with zero attached hydrogens (tertiary/aromatic N) is 3. The Morgan fingerprint density at radius 1 is 1.14 bits per heavy atom. The number of carbonyl (C=O) groups is 1. The maximum atomic E-state index is 12.3. The summed E-state index contributed by atoms with van der Waals surface area (Å²) < 4.78 is 5.49. The van der Waals surface area contributed by atoms with E-state index in [1.807, 2.05) is 13.8 Å². The number of halogens is 1. The Balaban J connectivity index is 2.18. The van der Waals surface area contributed by atoms with Crippen LogP contribution >= 0.6 is 11.6 Å². The van der Waals surface area contributed by atoms with Gasteiger partial charge >= 0.3 is 11.8 Å². The summed E-state index contributed by atoms with van der Waals surface area (Å²) in [6, 6.07) is 7.03. The van der Waals surface area contributed by atoms with Gasteiger partial charge in [-0.05, 0) is 37.1 Å². The molecule has 5 nitrogen and oxygen atoms in total. The first-order valence-electron chi connectivity index (χ1n) is 7.04. The zero-order valence-electron chi connectivity index (χ0n) is 12.2. The molecule has 0 aliphatic carbocycles. The van der Waals surface area contributed by atoms with Gasteiger partial charge in [-0.15, -0.1) is 10.2 Å². The van der Waals surface area contributed by atoms with Crippen LogP contribution in [0.25, 0.3) is 11.5 Å². The summed E-state index contributed by atoms with van der Waals surface area (Å²) in [5, 5.41) is 8.42. The van der Waals surface area contributed by atoms with E-state index >= 15 is 0 Å². The van der Waals surface area contributed by atoms with E-state index in [0.717, 1.165) is 18.4 Å². The lowest BCUT2D eigenvalue weighted by Gasteiger charge is -2.18. The number of benzene rings is 1. The number of hydrogen-bond acceptors (Lipinski definition) is 4. The summed E-state index contributed by atoms with van der Waals surface area (Å²) >= 11 is 5.84. The van der Waals surface area contributed by atoms with E-state index in [-0.39, 0.29) is 11.8 Å². The fourth-order valence-corrected chi connectivity index (χ4v) is 2.13. The summed E-state index contributed by atoms with van der Waals surface area (Å²) in [7, 11) is 0. The predicted molar refractivity (Wildman–Crippen MR) is 81.2 cm³/mol. The molecule has 0 unspecified atom stereocenters. The van der Waals surface area contributed by atoms with E-state index in [2.05, 4.69) is 10.2 Å². The molecular weight excluding hydrogens is 290 g/mol. The molecule has 21 heavy (non-hydrogen) atoms. The van der Waals surface area contributed by atoms with E-state index in [1.165, 1.54) is 0 Å². The summed E-state index contributed by atoms with van der Waals surface area (Å²) in [6.45, 7) is 5.43. The van der Waals surface area contributed by atoms with E-state index in [4.69, 9.17) is 16.0 Å². The fourth-order valence-electron chi connectivity index (χ4n) is 2.01. The van der Waals surface area contributed by atoms with E-state index in [9.17, 15) is 4.79 Å². The van der Waals surface area contributed by atoms with Gasteiger partial charge < -0.3 is 9.32 Å². The highest BCUT2D eigenvalue weighted by Gasteiger charge is 2.21. The molecule has 0 aliphatic heterocycles. The van der Waals surface area contributed by atoms with Crippen molar-refractivity contribution in [3.8, 4) is 11.5 Å². The maximum Gasteiger partial charge on any atom is 0.311 e. The molecule has 0 saturated carbocycles. The van der Waals surface area contributed by atoms with Crippen molar-refractivity contribution < 1.29 is 9.21 Å². The quantitative estimate of drug-likeness (QED) is 0.817. The first-order valence-corrected chi connectivity index (χ1v) is 7.42. The highest BCUT2D eigenvalue weighted by atomic mass is 35.5. The Kier molecular flexibility index (Phi) is 5.33. The minimum atomic E-state index is -0.216. The van der Waals surface area contributed by atoms with Crippen LogP contribution in [-0.2, 0) is 0 Å². The van der Waals surface area contributed by atoms with Crippen molar-refractivity contribution in [1.29, 1.82) is 0 Å². The van der Waals surface area contributed by atoms with Crippen LogP contribution in [0.5, 0.6) is 0 Å². The van der Waals surface area contributed by atoms with Crippen LogP contribution in [0.4, 0.5) is 0 Å². The number of rotatable bonds is 6. The van der Waals surface area contributed by atoms with Crippen LogP contribution in [0, 0.1) is 0 Å². The molecule has 1 aromatic carbocycles. The van der Waals surface area contributed by atoms with Crippen molar-refractivity contribution in [2.24, 2.45) is 0 Å². The Morgan fingerprint density at radius 2 is 1.76 bits per heavy atom. The van der Waals surface area contributed by atoms with Crippen LogP contribution < -0.4 is 0 Å². The van der Waals surface area contributed by atoms with Gasteiger partial charge in [-0.25, -0.2) is 0 Å². The lowest BCUT2D eigenvalue weighted by Crippen LogP contribution is -2.32. The zero-order chi connectivity index (χ0) is 15.2. The topological polar surface area (TPSA) is 59.2 Å². The average molecular weight is 308 g/mol. The van der Waals surface area contributed by atoms with Crippen molar-refractivity contribution in [1.82, 2.24) is 15.1 Å². The number of hydrogen-bond donors (Lipinski definition) is 0. The van der Waals surface area contributed by atoms with Crippen LogP contribution in [0.15, 0.2) is 28.7 Å². The number of carbonyl (C=O) groups excluding carboxylic acids is 1. The minimum absolute atomic E-state index is 0.0295. The summed E-state index contributed by atoms with van der Waals surface area (Å²) in [5.41, 5.74) is 0.739. The second-order valence-corrected chi connectivity index (χ2v) is 5.15. The van der Waals surface area contributed by atoms with Gasteiger partial charge in [-0.3, -0.25) is 4.79 Å². The molecule has 0 saturated heterocycles. The van der Waals surface area contributed by atoms with E-state index in [1.54, 1.807) is 29.2 Å². The molecule has 0 bridgehead atoms. The molecule has 0 aliphatic rings. The Bertz CT molecular complexity index is 589. The van der Waals surface area contributed by atoms with E-state index in [0.29, 0.717) is 24.0 Å². The van der Waals surface area contributed by atoms with Crippen molar-refractivity contribution >= 4 is 17.5 Å². The molecule has 0 N–H and O–H groups in total. The molecule has 1 amide bonds. The summed E-state index contributed by atoms with van der Waals surface area (Å²) in [4.78, 5) is 14.1. The Morgan fingerprint density at radius 3 is 2.33 bits per heavy atom. The van der Waals surface area contributed by atoms with Crippen molar-refractivity contribution in [3.05, 3.63) is 35.2 Å². The van der Waals surface area contributed by atoms with Crippen molar-refractivity contribution in [2.45, 2.75) is 26.7 Å². The Hall–Kier alpha value is -1.88. The molecule has 1 heterocycles. The minimum Gasteiger partial charge on any atom is -0.412 e. The molecule has 1 aromatic heterocycles. The summed E-state index contributed by atoms with van der Waals surface area (Å²) in [5.74, 6) is 0.135. The third kappa shape index (κ3) is 3.82. The third-order valence-electron chi connectivity index (χ3n) is 2.97. The first-order chi connectivity index (χ1) is 10.2. The smallest absolute Gasteiger partial charge is 0.311 e. The molecule has 2 rings (SSSR count). The van der Waals surface area contributed by atoms with Gasteiger partial charge in [0.15, 0.2) is 0 Å². The molecule has 6 heteroatoms. The lowest BCUT2D eigenvalue weighted by atomic mass is 10.2. The first kappa shape index (κ1) is 15.5. The zero-order valence-corrected chi connectivity index (χ0v) is 12.9. The van der Waals surface area contributed by atoms with Crippen LogP contribution in [0.3, 0.4) is 0 Å². The van der Waals surface area contributed by atoms with Gasteiger partial charge in [0.1, 0.15) is 0 Å². The molecule has 0 fully saturated rings. The Labute approximate surface area is 128 Å². The van der Waals surface area contributed by atoms with Gasteiger partial charge in [0.25, 0.3) is 0 Å². The van der Waals surface area contributed by atoms with Gasteiger partial charge in [0.2, 0.25) is 5.89 Å². The van der Waals surface area contributed by atoms with Crippen molar-refractivity contribution in [2.75, 3.05) is 13.1 Å². The molecule has 112 valence electrons. The SMILES string of the molecule is CCCN(CCC)C(=O)c1nnc(-c2ccc(Cl)cc2)o1. The molecule has 0 spiro atoms. The molecule has 0 atom stereocenters. The van der Waals surface area contributed by atoms with Gasteiger partial charge in [-0.2, -0.15) is 0 Å². The monoisotopic (exact) mass is 307 g/mol. The van der Waals surface area contributed by atoms with Gasteiger partial charge in [0, 0.05) is 23.7 Å². The number of amides is 1. The average Bonchev–Trinajstić information content (AvgIpc) is 2.97. The summed E-state index contributed by atoms with van der Waals surface area (Å²) in [6.07, 6.45) is 1.79. The highest BCUT2D eigenvalue weighted by Crippen LogP contribution is 2.20. The standard InChI is InChI=1S/C15H18ClN3O2/c1-3-9-19(10-4-2)15(20)14-18-17-13(21-14)11-5-7-12(16)8-6-11/h5-8H,3-4,9-10H2,1-2H3. The van der Waals surface area contributed by atoms with Crippen LogP contribution in [-0.4, -0.2) is 34.1 Å². The normalized spacial score (nSPS) is 10.6.